The Morgan fingerprint density at radius 1 is 1.35 bits per heavy atom. The van der Waals surface area contributed by atoms with Crippen LogP contribution in [-0.2, 0) is 7.05 Å². The number of rotatable bonds is 7. The van der Waals surface area contributed by atoms with Crippen LogP contribution in [0.2, 0.25) is 0 Å². The number of anilines is 2. The quantitative estimate of drug-likeness (QED) is 0.476. The monoisotopic (exact) mass is 317 g/mol. The van der Waals surface area contributed by atoms with Crippen LogP contribution in [0.1, 0.15) is 19.4 Å². The molecule has 9 heteroatoms. The Kier molecular flexibility index (Phi) is 5.23. The first kappa shape index (κ1) is 16.4. The number of hydrogen-bond acceptors (Lipinski definition) is 7. The summed E-state index contributed by atoms with van der Waals surface area (Å²) in [5.41, 5.74) is 4.70. The Morgan fingerprint density at radius 3 is 2.52 bits per heavy atom. The molecule has 0 aliphatic carbocycles. The molecule has 0 saturated carbocycles. The van der Waals surface area contributed by atoms with Crippen molar-refractivity contribution in [2.75, 3.05) is 23.4 Å². The summed E-state index contributed by atoms with van der Waals surface area (Å²) < 4.78 is 1.26. The summed E-state index contributed by atoms with van der Waals surface area (Å²) in [6, 6.07) is 7.97. The fraction of sp³-hybridized carbons (Fsp3) is 0.357. The predicted molar refractivity (Wildman–Crippen MR) is 88.9 cm³/mol. The van der Waals surface area contributed by atoms with E-state index in [1.165, 1.54) is 4.68 Å². The second-order valence-electron chi connectivity index (χ2n) is 4.75. The molecule has 0 amide bonds. The number of aryl methyl sites for hydroxylation is 1. The van der Waals surface area contributed by atoms with Crippen molar-refractivity contribution in [2.45, 2.75) is 13.8 Å². The molecule has 2 rings (SSSR count). The Bertz CT molecular complexity index is 690. The van der Waals surface area contributed by atoms with E-state index in [9.17, 15) is 10.1 Å². The van der Waals surface area contributed by atoms with Crippen molar-refractivity contribution in [1.29, 1.82) is 0 Å². The first-order valence-corrected chi connectivity index (χ1v) is 7.24. The summed E-state index contributed by atoms with van der Waals surface area (Å²) in [6.45, 7) is 6.14. The van der Waals surface area contributed by atoms with Crippen LogP contribution in [0.15, 0.2) is 29.4 Å². The van der Waals surface area contributed by atoms with Gasteiger partial charge in [-0.2, -0.15) is 9.78 Å². The second kappa shape index (κ2) is 7.34. The second-order valence-corrected chi connectivity index (χ2v) is 4.75. The van der Waals surface area contributed by atoms with Gasteiger partial charge in [-0.3, -0.25) is 0 Å². The number of benzene rings is 1. The zero-order valence-electron chi connectivity index (χ0n) is 13.3. The number of aromatic nitrogens is 3. The van der Waals surface area contributed by atoms with Crippen LogP contribution in [0, 0.1) is 10.1 Å². The third kappa shape index (κ3) is 4.02. The van der Waals surface area contributed by atoms with Crippen molar-refractivity contribution in [3.63, 3.8) is 0 Å². The molecule has 1 N–H and O–H groups in total. The van der Waals surface area contributed by atoms with Gasteiger partial charge in [0.2, 0.25) is 0 Å². The topological polar surface area (TPSA) is 101 Å². The molecule has 122 valence electrons. The maximum absolute atomic E-state index is 10.6. The minimum absolute atomic E-state index is 0.202. The molecule has 9 nitrogen and oxygen atoms in total. The standard InChI is InChI=1S/C14H19N7O2/c1-4-20(5-2)12-8-6-11(7-9-12)10-15-17-13-16-14(21(22)23)18-19(13)3/h6-10H,4-5H2,1-3H3,(H,16,17,18)/b15-10+. The van der Waals surface area contributed by atoms with E-state index < -0.39 is 10.9 Å². The molecular weight excluding hydrogens is 298 g/mol. The summed E-state index contributed by atoms with van der Waals surface area (Å²) >= 11 is 0. The van der Waals surface area contributed by atoms with E-state index in [-0.39, 0.29) is 5.95 Å². The molecule has 0 atom stereocenters. The molecule has 0 radical (unpaired) electrons. The molecule has 0 spiro atoms. The molecular formula is C14H19N7O2. The normalized spacial score (nSPS) is 10.9. The van der Waals surface area contributed by atoms with Gasteiger partial charge in [0.15, 0.2) is 0 Å². The fourth-order valence-electron chi connectivity index (χ4n) is 2.07. The van der Waals surface area contributed by atoms with Gasteiger partial charge in [-0.1, -0.05) is 12.1 Å². The predicted octanol–water partition coefficient (Wildman–Crippen LogP) is 2.02. The summed E-state index contributed by atoms with van der Waals surface area (Å²) in [6.07, 6.45) is 1.62. The Hall–Kier alpha value is -2.97. The van der Waals surface area contributed by atoms with E-state index in [2.05, 4.69) is 39.4 Å². The van der Waals surface area contributed by atoms with Crippen molar-refractivity contribution in [3.05, 3.63) is 39.9 Å². The molecule has 1 heterocycles. The van der Waals surface area contributed by atoms with Crippen LogP contribution in [0.3, 0.4) is 0 Å². The summed E-state index contributed by atoms with van der Waals surface area (Å²) in [4.78, 5) is 15.9. The van der Waals surface area contributed by atoms with E-state index in [0.717, 1.165) is 24.3 Å². The van der Waals surface area contributed by atoms with Gasteiger partial charge >= 0.3 is 11.9 Å². The van der Waals surface area contributed by atoms with Crippen molar-refractivity contribution in [3.8, 4) is 0 Å². The molecule has 23 heavy (non-hydrogen) atoms. The highest BCUT2D eigenvalue weighted by Crippen LogP contribution is 2.14. The minimum atomic E-state index is -0.652. The zero-order chi connectivity index (χ0) is 16.8. The molecule has 0 unspecified atom stereocenters. The van der Waals surface area contributed by atoms with Crippen LogP contribution in [0.5, 0.6) is 0 Å². The van der Waals surface area contributed by atoms with E-state index in [0.29, 0.717) is 0 Å². The van der Waals surface area contributed by atoms with Crippen LogP contribution in [0.4, 0.5) is 17.6 Å². The minimum Gasteiger partial charge on any atom is -0.390 e. The molecule has 2 aromatic rings. The van der Waals surface area contributed by atoms with Gasteiger partial charge in [0.25, 0.3) is 0 Å². The zero-order valence-corrected chi connectivity index (χ0v) is 13.3. The van der Waals surface area contributed by atoms with E-state index in [4.69, 9.17) is 0 Å². The maximum atomic E-state index is 10.6. The van der Waals surface area contributed by atoms with Crippen LogP contribution < -0.4 is 10.3 Å². The van der Waals surface area contributed by atoms with Gasteiger partial charge in [0, 0.05) is 30.9 Å². The van der Waals surface area contributed by atoms with E-state index in [1.54, 1.807) is 13.3 Å². The highest BCUT2D eigenvalue weighted by molar-refractivity contribution is 5.80. The van der Waals surface area contributed by atoms with Gasteiger partial charge in [-0.15, -0.1) is 0 Å². The summed E-state index contributed by atoms with van der Waals surface area (Å²) in [5.74, 6) is -0.263. The largest absolute Gasteiger partial charge is 0.493 e. The lowest BCUT2D eigenvalue weighted by molar-refractivity contribution is -0.394. The third-order valence-corrected chi connectivity index (χ3v) is 3.32. The Labute approximate surface area is 133 Å². The molecule has 0 bridgehead atoms. The number of nitro groups is 1. The lowest BCUT2D eigenvalue weighted by Gasteiger charge is -2.20. The number of nitrogens with zero attached hydrogens (tertiary/aromatic N) is 6. The van der Waals surface area contributed by atoms with Gasteiger partial charge in [-0.05, 0) is 41.5 Å². The maximum Gasteiger partial charge on any atom is 0.493 e. The smallest absolute Gasteiger partial charge is 0.390 e. The van der Waals surface area contributed by atoms with Crippen LogP contribution in [0.25, 0.3) is 0 Å². The average Bonchev–Trinajstić information content (AvgIpc) is 2.91. The first-order chi connectivity index (χ1) is 11.0. The molecule has 0 aliphatic heterocycles. The SMILES string of the molecule is CCN(CC)c1ccc(/C=N/Nc2nc([N+](=O)[O-])nn2C)cc1. The van der Waals surface area contributed by atoms with Gasteiger partial charge < -0.3 is 15.0 Å². The number of hydrazone groups is 1. The summed E-state index contributed by atoms with van der Waals surface area (Å²) in [7, 11) is 1.55. The van der Waals surface area contributed by atoms with Crippen molar-refractivity contribution >= 4 is 23.8 Å². The van der Waals surface area contributed by atoms with E-state index >= 15 is 0 Å². The molecule has 0 aliphatic rings. The van der Waals surface area contributed by atoms with Gasteiger partial charge in [0.1, 0.15) is 0 Å². The highest BCUT2D eigenvalue weighted by Gasteiger charge is 2.18. The lowest BCUT2D eigenvalue weighted by atomic mass is 10.2. The summed E-state index contributed by atoms with van der Waals surface area (Å²) in [5, 5.41) is 18.3. The third-order valence-electron chi connectivity index (χ3n) is 3.32. The van der Waals surface area contributed by atoms with E-state index in [1.807, 2.05) is 24.3 Å². The van der Waals surface area contributed by atoms with Crippen molar-refractivity contribution in [1.82, 2.24) is 14.8 Å². The molecule has 1 aromatic carbocycles. The fourth-order valence-corrected chi connectivity index (χ4v) is 2.07. The average molecular weight is 317 g/mol. The Morgan fingerprint density at radius 2 is 2.00 bits per heavy atom. The van der Waals surface area contributed by atoms with Crippen LogP contribution >= 0.6 is 0 Å². The van der Waals surface area contributed by atoms with Gasteiger partial charge in [0.05, 0.1) is 6.21 Å². The Balaban J connectivity index is 2.02. The van der Waals surface area contributed by atoms with Gasteiger partial charge in [-0.25, -0.2) is 5.43 Å². The number of nitrogens with one attached hydrogen (secondary N) is 1. The highest BCUT2D eigenvalue weighted by atomic mass is 16.6. The van der Waals surface area contributed by atoms with Crippen molar-refractivity contribution in [2.24, 2.45) is 12.1 Å². The lowest BCUT2D eigenvalue weighted by Crippen LogP contribution is -2.21. The molecule has 0 saturated heterocycles. The first-order valence-electron chi connectivity index (χ1n) is 7.24. The van der Waals surface area contributed by atoms with Crippen molar-refractivity contribution < 1.29 is 4.92 Å². The molecule has 1 aromatic heterocycles. The molecule has 0 fully saturated rings. The number of hydrogen-bond donors (Lipinski definition) is 1. The van der Waals surface area contributed by atoms with Crippen LogP contribution in [-0.4, -0.2) is 39.0 Å².